The van der Waals surface area contributed by atoms with Crippen molar-refractivity contribution in [3.63, 3.8) is 0 Å². The number of nitro benzene ring substituents is 1. The summed E-state index contributed by atoms with van der Waals surface area (Å²) in [5.74, 6) is -0.657. The van der Waals surface area contributed by atoms with Crippen LogP contribution in [0.1, 0.15) is 39.4 Å². The van der Waals surface area contributed by atoms with Gasteiger partial charge in [-0.25, -0.2) is 14.3 Å². The molecule has 0 spiro atoms. The molecule has 13 heteroatoms. The number of benzene rings is 1. The van der Waals surface area contributed by atoms with Crippen molar-refractivity contribution in [1.82, 2.24) is 9.55 Å². The number of esters is 1. The van der Waals surface area contributed by atoms with Crippen LogP contribution in [0.3, 0.4) is 0 Å². The van der Waals surface area contributed by atoms with Crippen LogP contribution < -0.4 is 4.74 Å². The average molecular weight is 450 g/mol. The minimum atomic E-state index is -1.12. The molecule has 1 aromatic carbocycles. The molecule has 172 valence electrons. The molecule has 0 amide bonds. The van der Waals surface area contributed by atoms with E-state index in [1.807, 2.05) is 0 Å². The second-order valence-electron chi connectivity index (χ2n) is 7.52. The van der Waals surface area contributed by atoms with Crippen molar-refractivity contribution in [2.24, 2.45) is 0 Å². The van der Waals surface area contributed by atoms with Gasteiger partial charge in [0.2, 0.25) is 5.82 Å². The number of rotatable bonds is 9. The third-order valence-electron chi connectivity index (χ3n) is 3.85. The average Bonchev–Trinajstić information content (AvgIpc) is 3.08. The second-order valence-corrected chi connectivity index (χ2v) is 7.52. The topological polar surface area (TPSA) is 166 Å². The van der Waals surface area contributed by atoms with E-state index in [1.165, 1.54) is 16.7 Å². The van der Waals surface area contributed by atoms with Crippen LogP contribution in [-0.2, 0) is 27.4 Å². The van der Waals surface area contributed by atoms with Crippen LogP contribution in [0.15, 0.2) is 30.5 Å². The van der Waals surface area contributed by atoms with E-state index in [0.29, 0.717) is 0 Å². The zero-order valence-electron chi connectivity index (χ0n) is 17.7. The molecule has 0 atom stereocenters. The van der Waals surface area contributed by atoms with Gasteiger partial charge >= 0.3 is 17.9 Å². The zero-order chi connectivity index (χ0) is 23.9. The number of hydrogen-bond acceptors (Lipinski definition) is 10. The zero-order valence-corrected chi connectivity index (χ0v) is 17.7. The molecule has 0 N–H and O–H groups in total. The summed E-state index contributed by atoms with van der Waals surface area (Å²) in [4.78, 5) is 48.3. The number of nitrogens with zero attached hydrogens (tertiary/aromatic N) is 4. The first-order valence-electron chi connectivity index (χ1n) is 9.46. The number of aromatic nitrogens is 2. The molecule has 0 aliphatic heterocycles. The van der Waals surface area contributed by atoms with E-state index in [9.17, 15) is 29.8 Å². The van der Waals surface area contributed by atoms with E-state index in [-0.39, 0.29) is 42.5 Å². The van der Waals surface area contributed by atoms with Gasteiger partial charge in [0.05, 0.1) is 11.5 Å². The molecule has 0 saturated heterocycles. The van der Waals surface area contributed by atoms with Crippen molar-refractivity contribution in [1.29, 1.82) is 0 Å². The van der Waals surface area contributed by atoms with Crippen molar-refractivity contribution in [3.05, 3.63) is 56.5 Å². The Balaban J connectivity index is 1.96. The number of imidazole rings is 1. The molecule has 1 heterocycles. The summed E-state index contributed by atoms with van der Waals surface area (Å²) in [5, 5.41) is 21.9. The second kappa shape index (κ2) is 10.3. The van der Waals surface area contributed by atoms with Crippen LogP contribution in [0.5, 0.6) is 5.75 Å². The molecule has 0 unspecified atom stereocenters. The van der Waals surface area contributed by atoms with Gasteiger partial charge < -0.3 is 24.3 Å². The summed E-state index contributed by atoms with van der Waals surface area (Å²) in [6.07, 6.45) is 0.180. The number of hydrogen-bond donors (Lipinski definition) is 0. The molecule has 0 radical (unpaired) electrons. The molecule has 1 aromatic heterocycles. The molecule has 2 aromatic rings. The first-order chi connectivity index (χ1) is 15.0. The Bertz CT molecular complexity index is 993. The minimum absolute atomic E-state index is 0.0206. The summed E-state index contributed by atoms with van der Waals surface area (Å²) < 4.78 is 16.3. The van der Waals surface area contributed by atoms with Gasteiger partial charge in [-0.3, -0.25) is 14.9 Å². The Morgan fingerprint density at radius 3 is 2.31 bits per heavy atom. The van der Waals surface area contributed by atoms with E-state index < -0.39 is 34.2 Å². The van der Waals surface area contributed by atoms with Gasteiger partial charge in [0.25, 0.3) is 5.69 Å². The van der Waals surface area contributed by atoms with Gasteiger partial charge in [-0.15, -0.1) is 0 Å². The van der Waals surface area contributed by atoms with Crippen molar-refractivity contribution in [3.8, 4) is 5.75 Å². The lowest BCUT2D eigenvalue weighted by Crippen LogP contribution is -2.24. The first kappa shape index (κ1) is 24.2. The van der Waals surface area contributed by atoms with Crippen molar-refractivity contribution < 1.29 is 33.6 Å². The normalized spacial score (nSPS) is 11.0. The fraction of sp³-hybridized carbons (Fsp3) is 0.421. The van der Waals surface area contributed by atoms with Crippen molar-refractivity contribution in [2.75, 3.05) is 0 Å². The maximum atomic E-state index is 11.9. The monoisotopic (exact) mass is 450 g/mol. The van der Waals surface area contributed by atoms with E-state index in [1.54, 1.807) is 20.8 Å². The van der Waals surface area contributed by atoms with Gasteiger partial charge in [0.15, 0.2) is 6.61 Å². The highest BCUT2D eigenvalue weighted by Gasteiger charge is 2.23. The Morgan fingerprint density at radius 1 is 1.09 bits per heavy atom. The fourth-order valence-electron chi connectivity index (χ4n) is 2.57. The quantitative estimate of drug-likeness (QED) is 0.238. The molecule has 32 heavy (non-hydrogen) atoms. The van der Waals surface area contributed by atoms with Crippen LogP contribution in [-0.4, -0.2) is 37.1 Å². The van der Waals surface area contributed by atoms with Gasteiger partial charge in [0, 0.05) is 18.6 Å². The molecule has 0 aliphatic rings. The van der Waals surface area contributed by atoms with Crippen LogP contribution in [0.4, 0.5) is 16.3 Å². The molecule has 0 bridgehead atoms. The van der Waals surface area contributed by atoms with Gasteiger partial charge in [-0.05, 0) is 44.2 Å². The summed E-state index contributed by atoms with van der Waals surface area (Å²) in [6, 6.07) is 4.76. The Labute approximate surface area is 182 Å². The van der Waals surface area contributed by atoms with E-state index in [0.717, 1.165) is 18.3 Å². The van der Waals surface area contributed by atoms with Crippen LogP contribution in [0.25, 0.3) is 0 Å². The molecule has 2 rings (SSSR count). The summed E-state index contributed by atoms with van der Waals surface area (Å²) in [5.41, 5.74) is -0.812. The van der Waals surface area contributed by atoms with Crippen molar-refractivity contribution in [2.45, 2.75) is 52.4 Å². The maximum absolute atomic E-state index is 11.9. The number of ether oxygens (including phenoxy) is 3. The lowest BCUT2D eigenvalue weighted by molar-refractivity contribution is -0.392. The molecule has 0 saturated carbocycles. The Hall–Kier alpha value is -4.03. The number of carbonyl (C=O) groups is 2. The summed E-state index contributed by atoms with van der Waals surface area (Å²) in [6.45, 7) is 4.85. The predicted octanol–water partition coefficient (Wildman–Crippen LogP) is 3.54. The standard InChI is InChI=1S/C19H22N4O9/c1-19(2,3)32-17(24)5-4-10-21-15(20-11-16(21)23(28)29)12-30-18(25)31-14-8-6-13(7-9-14)22(26)27/h6-9,11H,4-5,10,12H2,1-3H3. The lowest BCUT2D eigenvalue weighted by Gasteiger charge is -2.19. The SMILES string of the molecule is CC(C)(C)OC(=O)CCCn1c([N+](=O)[O-])cnc1COC(=O)Oc1ccc([N+](=O)[O-])cc1. The Morgan fingerprint density at radius 2 is 1.75 bits per heavy atom. The third-order valence-corrected chi connectivity index (χ3v) is 3.85. The van der Waals surface area contributed by atoms with Crippen LogP contribution in [0, 0.1) is 20.2 Å². The van der Waals surface area contributed by atoms with Gasteiger partial charge in [0.1, 0.15) is 17.5 Å². The van der Waals surface area contributed by atoms with Gasteiger partial charge in [-0.1, -0.05) is 0 Å². The highest BCUT2D eigenvalue weighted by molar-refractivity contribution is 5.69. The smallest absolute Gasteiger partial charge is 0.460 e. The van der Waals surface area contributed by atoms with Crippen LogP contribution >= 0.6 is 0 Å². The Kier molecular flexibility index (Phi) is 7.82. The van der Waals surface area contributed by atoms with Gasteiger partial charge in [-0.2, -0.15) is 0 Å². The highest BCUT2D eigenvalue weighted by atomic mass is 16.7. The van der Waals surface area contributed by atoms with Crippen molar-refractivity contribution >= 4 is 23.6 Å². The predicted molar refractivity (Wildman–Crippen MR) is 108 cm³/mol. The number of nitro groups is 2. The third kappa shape index (κ3) is 7.34. The number of carbonyl (C=O) groups excluding carboxylic acids is 2. The summed E-state index contributed by atoms with van der Waals surface area (Å²) in [7, 11) is 0. The van der Waals surface area contributed by atoms with E-state index >= 15 is 0 Å². The fourth-order valence-corrected chi connectivity index (χ4v) is 2.57. The molecule has 0 aliphatic carbocycles. The number of non-ortho nitro benzene ring substituents is 1. The van der Waals surface area contributed by atoms with E-state index in [2.05, 4.69) is 4.98 Å². The summed E-state index contributed by atoms with van der Waals surface area (Å²) >= 11 is 0. The first-order valence-corrected chi connectivity index (χ1v) is 9.46. The highest BCUT2D eigenvalue weighted by Crippen LogP contribution is 2.19. The minimum Gasteiger partial charge on any atom is -0.460 e. The molecular formula is C19H22N4O9. The largest absolute Gasteiger partial charge is 0.514 e. The molecular weight excluding hydrogens is 428 g/mol. The molecule has 0 fully saturated rings. The van der Waals surface area contributed by atoms with Crippen LogP contribution in [0.2, 0.25) is 0 Å². The van der Waals surface area contributed by atoms with E-state index in [4.69, 9.17) is 14.2 Å². The lowest BCUT2D eigenvalue weighted by atomic mass is 10.2. The maximum Gasteiger partial charge on any atom is 0.514 e. The molecule has 13 nitrogen and oxygen atoms in total.